The Morgan fingerprint density at radius 1 is 1.67 bits per heavy atom. The maximum atomic E-state index is 11.5. The summed E-state index contributed by atoms with van der Waals surface area (Å²) in [6.45, 7) is 0. The van der Waals surface area contributed by atoms with Crippen LogP contribution >= 0.6 is 0 Å². The lowest BCUT2D eigenvalue weighted by molar-refractivity contribution is 0.456. The van der Waals surface area contributed by atoms with Crippen LogP contribution in [0.25, 0.3) is 0 Å². The molecule has 0 aromatic rings. The quantitative estimate of drug-likeness (QED) is 0.444. The van der Waals surface area contributed by atoms with Crippen LogP contribution in [-0.2, 0) is 10.3 Å². The first-order valence-electron chi connectivity index (χ1n) is 1.67. The smallest absolute Gasteiger partial charge is 0.269 e. The Kier molecular flexibility index (Phi) is 2.53. The van der Waals surface area contributed by atoms with E-state index in [4.69, 9.17) is 4.55 Å². The van der Waals surface area contributed by atoms with E-state index in [1.807, 2.05) is 0 Å². The van der Waals surface area contributed by atoms with E-state index in [1.165, 1.54) is 0 Å². The lowest BCUT2D eigenvalue weighted by Crippen LogP contribution is -2.19. The molecule has 0 spiro atoms. The van der Waals surface area contributed by atoms with Crippen LogP contribution in [0.5, 0.6) is 0 Å². The van der Waals surface area contributed by atoms with E-state index in [9.17, 15) is 17.2 Å². The van der Waals surface area contributed by atoms with Crippen LogP contribution in [0.3, 0.4) is 0 Å². The van der Waals surface area contributed by atoms with E-state index in [0.717, 1.165) is 4.72 Å². The van der Waals surface area contributed by atoms with Crippen molar-refractivity contribution in [2.45, 2.75) is 0 Å². The van der Waals surface area contributed by atoms with Crippen LogP contribution in [-0.4, -0.2) is 13.0 Å². The van der Waals surface area contributed by atoms with Crippen LogP contribution in [0.2, 0.25) is 0 Å². The molecule has 0 unspecified atom stereocenters. The molecule has 9 heavy (non-hydrogen) atoms. The molecule has 0 amide bonds. The summed E-state index contributed by atoms with van der Waals surface area (Å²) in [6.07, 6.45) is -0.631. The van der Waals surface area contributed by atoms with Gasteiger partial charge in [-0.3, -0.25) is 4.55 Å². The van der Waals surface area contributed by atoms with Crippen molar-refractivity contribution in [3.8, 4) is 0 Å². The van der Waals surface area contributed by atoms with Gasteiger partial charge >= 0.3 is 10.3 Å². The summed E-state index contributed by atoms with van der Waals surface area (Å²) in [5.74, 6) is -1.77. The van der Waals surface area contributed by atoms with Gasteiger partial charge in [-0.2, -0.15) is 12.8 Å². The molecule has 0 aliphatic rings. The Labute approximate surface area is 50.1 Å². The Hall–Kier alpha value is -0.690. The minimum atomic E-state index is -4.67. The summed E-state index contributed by atoms with van der Waals surface area (Å²) < 4.78 is 50.1. The molecule has 54 valence electrons. The molecule has 0 aromatic carbocycles. The molecule has 2 N–H and O–H groups in total. The Morgan fingerprint density at radius 3 is 2.22 bits per heavy atom. The molecule has 0 bridgehead atoms. The summed E-state index contributed by atoms with van der Waals surface area (Å²) in [7, 11) is -4.67. The number of hydrogen-bond donors (Lipinski definition) is 2. The summed E-state index contributed by atoms with van der Waals surface area (Å²) in [5, 5.41) is 0. The van der Waals surface area contributed by atoms with Gasteiger partial charge in [0.1, 0.15) is 6.33 Å². The molecule has 0 saturated heterocycles. The predicted molar refractivity (Wildman–Crippen MR) is 25.0 cm³/mol. The standard InChI is InChI=1S/C2H3F2NO3S/c3-1-2(4)5-9(6,7)8/h1,5H,(H,6,7,8)/b2-1+. The normalized spacial score (nSPS) is 13.4. The minimum Gasteiger partial charge on any atom is -0.269 e. The number of rotatable bonds is 2. The molecule has 0 atom stereocenters. The highest BCUT2D eigenvalue weighted by Gasteiger charge is 2.04. The molecular formula is C2H3F2NO3S. The van der Waals surface area contributed by atoms with Gasteiger partial charge in [-0.05, 0) is 0 Å². The van der Waals surface area contributed by atoms with Crippen molar-refractivity contribution in [2.24, 2.45) is 0 Å². The predicted octanol–water partition coefficient (Wildman–Crippen LogP) is 0.117. The van der Waals surface area contributed by atoms with Crippen molar-refractivity contribution in [3.05, 3.63) is 12.3 Å². The molecule has 0 radical (unpaired) electrons. The first-order valence-corrected chi connectivity index (χ1v) is 3.11. The minimum absolute atomic E-state index is 0.631. The lowest BCUT2D eigenvalue weighted by Gasteiger charge is -1.93. The Morgan fingerprint density at radius 2 is 2.11 bits per heavy atom. The molecule has 0 rings (SSSR count). The highest BCUT2D eigenvalue weighted by molar-refractivity contribution is 7.83. The summed E-state index contributed by atoms with van der Waals surface area (Å²) in [5.41, 5.74) is 0. The SMILES string of the molecule is O=S(=O)(O)N/C(F)=C/F. The van der Waals surface area contributed by atoms with Crippen molar-refractivity contribution in [1.82, 2.24) is 4.72 Å². The number of hydrogen-bond acceptors (Lipinski definition) is 2. The van der Waals surface area contributed by atoms with Crippen LogP contribution in [0.15, 0.2) is 12.3 Å². The van der Waals surface area contributed by atoms with Gasteiger partial charge in [0.15, 0.2) is 0 Å². The van der Waals surface area contributed by atoms with Gasteiger partial charge in [0.25, 0.3) is 0 Å². The van der Waals surface area contributed by atoms with Crippen molar-refractivity contribution >= 4 is 10.3 Å². The average Bonchev–Trinajstić information content (AvgIpc) is 1.62. The zero-order valence-electron chi connectivity index (χ0n) is 4.01. The van der Waals surface area contributed by atoms with Gasteiger partial charge in [-0.1, -0.05) is 0 Å². The Balaban J connectivity index is 4.07. The summed E-state index contributed by atoms with van der Waals surface area (Å²) >= 11 is 0. The van der Waals surface area contributed by atoms with Gasteiger partial charge in [0.05, 0.1) is 0 Å². The molecule has 0 heterocycles. The van der Waals surface area contributed by atoms with Crippen LogP contribution in [0, 0.1) is 0 Å². The maximum Gasteiger partial charge on any atom is 0.359 e. The number of nitrogens with one attached hydrogen (secondary N) is 1. The summed E-state index contributed by atoms with van der Waals surface area (Å²) in [4.78, 5) is 0. The van der Waals surface area contributed by atoms with Gasteiger partial charge in [-0.25, -0.2) is 9.11 Å². The van der Waals surface area contributed by atoms with Crippen molar-refractivity contribution in [2.75, 3.05) is 0 Å². The fourth-order valence-electron chi connectivity index (χ4n) is 0.145. The van der Waals surface area contributed by atoms with E-state index in [2.05, 4.69) is 0 Å². The maximum absolute atomic E-state index is 11.5. The first-order chi connectivity index (χ1) is 3.95. The summed E-state index contributed by atoms with van der Waals surface area (Å²) in [6, 6.07) is 0. The van der Waals surface area contributed by atoms with E-state index in [1.54, 1.807) is 0 Å². The highest BCUT2D eigenvalue weighted by atomic mass is 32.2. The molecule has 7 heteroatoms. The largest absolute Gasteiger partial charge is 0.359 e. The highest BCUT2D eigenvalue weighted by Crippen LogP contribution is 1.91. The molecule has 0 aliphatic carbocycles. The van der Waals surface area contributed by atoms with Crippen LogP contribution in [0.4, 0.5) is 8.78 Å². The van der Waals surface area contributed by atoms with E-state index < -0.39 is 22.6 Å². The van der Waals surface area contributed by atoms with Gasteiger partial charge in [0.2, 0.25) is 5.95 Å². The van der Waals surface area contributed by atoms with E-state index >= 15 is 0 Å². The van der Waals surface area contributed by atoms with Gasteiger partial charge in [-0.15, -0.1) is 0 Å². The third kappa shape index (κ3) is 5.18. The lowest BCUT2D eigenvalue weighted by atomic mass is 11.0. The average molecular weight is 159 g/mol. The number of halogens is 2. The molecule has 0 aromatic heterocycles. The third-order valence-electron chi connectivity index (χ3n) is 0.322. The fraction of sp³-hybridized carbons (Fsp3) is 0. The first kappa shape index (κ1) is 8.31. The molecule has 4 nitrogen and oxygen atoms in total. The van der Waals surface area contributed by atoms with Crippen molar-refractivity contribution in [1.29, 1.82) is 0 Å². The molecular weight excluding hydrogens is 156 g/mol. The third-order valence-corrected chi connectivity index (χ3v) is 0.775. The van der Waals surface area contributed by atoms with Crippen molar-refractivity contribution in [3.63, 3.8) is 0 Å². The second kappa shape index (κ2) is 2.74. The van der Waals surface area contributed by atoms with E-state index in [-0.39, 0.29) is 0 Å². The van der Waals surface area contributed by atoms with Crippen LogP contribution in [0.1, 0.15) is 0 Å². The molecule has 0 aliphatic heterocycles. The zero-order chi connectivity index (χ0) is 7.49. The Bertz CT molecular complexity index is 208. The zero-order valence-corrected chi connectivity index (χ0v) is 4.82. The topological polar surface area (TPSA) is 66.4 Å². The molecule has 0 saturated carbocycles. The van der Waals surface area contributed by atoms with E-state index in [0.29, 0.717) is 0 Å². The monoisotopic (exact) mass is 159 g/mol. The van der Waals surface area contributed by atoms with Gasteiger partial charge in [0, 0.05) is 0 Å². The fourth-order valence-corrected chi connectivity index (χ4v) is 0.436. The second-order valence-electron chi connectivity index (χ2n) is 1.03. The second-order valence-corrected chi connectivity index (χ2v) is 2.19. The van der Waals surface area contributed by atoms with Crippen LogP contribution < -0.4 is 4.72 Å². The van der Waals surface area contributed by atoms with Crippen molar-refractivity contribution < 1.29 is 21.8 Å². The molecule has 0 fully saturated rings. The van der Waals surface area contributed by atoms with Gasteiger partial charge < -0.3 is 0 Å².